The maximum Gasteiger partial charge on any atom is 0.0783 e. The maximum atomic E-state index is 6.17. The lowest BCUT2D eigenvalue weighted by Gasteiger charge is -2.40. The van der Waals surface area contributed by atoms with E-state index in [2.05, 4.69) is 43.2 Å². The molecule has 0 aliphatic carbocycles. The number of ether oxygens (including phenoxy) is 1. The Kier molecular flexibility index (Phi) is 4.75. The highest BCUT2D eigenvalue weighted by atomic mass is 32.2. The smallest absolute Gasteiger partial charge is 0.0783 e. The third kappa shape index (κ3) is 2.94. The number of thiophene rings is 1. The Hall–Kier alpha value is -0.0300. The lowest BCUT2D eigenvalue weighted by molar-refractivity contribution is -0.0848. The molecular formula is C16H25NOS2. The summed E-state index contributed by atoms with van der Waals surface area (Å²) < 4.78 is 6.17. The van der Waals surface area contributed by atoms with Gasteiger partial charge in [-0.1, -0.05) is 6.92 Å². The Balaban J connectivity index is 1.75. The van der Waals surface area contributed by atoms with Crippen LogP contribution in [0.15, 0.2) is 12.1 Å². The zero-order chi connectivity index (χ0) is 14.0. The standard InChI is InChI=1S/C16H25NOS2/c1-3-13-4-5-14(20-13)15(17-2)12-6-8-18-16(10-12)7-9-19-11-16/h4-5,12,15,17H,3,6-11H2,1-2H3. The second kappa shape index (κ2) is 6.39. The fourth-order valence-corrected chi connectivity index (χ4v) is 6.11. The molecule has 1 aromatic heterocycles. The molecule has 3 rings (SSSR count). The first kappa shape index (κ1) is 14.9. The average molecular weight is 312 g/mol. The molecule has 3 unspecified atom stereocenters. The van der Waals surface area contributed by atoms with Gasteiger partial charge in [-0.3, -0.25) is 0 Å². The molecule has 2 aliphatic heterocycles. The monoisotopic (exact) mass is 311 g/mol. The first-order chi connectivity index (χ1) is 9.76. The van der Waals surface area contributed by atoms with Gasteiger partial charge in [0.05, 0.1) is 5.60 Å². The van der Waals surface area contributed by atoms with Gasteiger partial charge in [-0.2, -0.15) is 11.8 Å². The van der Waals surface area contributed by atoms with Crippen LogP contribution in [0.2, 0.25) is 0 Å². The zero-order valence-corrected chi connectivity index (χ0v) is 14.1. The fourth-order valence-electron chi connectivity index (χ4n) is 3.58. The number of rotatable bonds is 4. The van der Waals surface area contributed by atoms with E-state index in [1.807, 2.05) is 11.3 Å². The van der Waals surface area contributed by atoms with Gasteiger partial charge < -0.3 is 10.1 Å². The normalized spacial score (nSPS) is 31.8. The lowest BCUT2D eigenvalue weighted by atomic mass is 9.81. The van der Waals surface area contributed by atoms with Crippen LogP contribution in [-0.4, -0.2) is 30.8 Å². The van der Waals surface area contributed by atoms with Gasteiger partial charge in [0.15, 0.2) is 0 Å². The molecule has 20 heavy (non-hydrogen) atoms. The van der Waals surface area contributed by atoms with Crippen LogP contribution in [0.25, 0.3) is 0 Å². The topological polar surface area (TPSA) is 21.3 Å². The number of hydrogen-bond donors (Lipinski definition) is 1. The lowest BCUT2D eigenvalue weighted by Crippen LogP contribution is -2.43. The van der Waals surface area contributed by atoms with E-state index in [4.69, 9.17) is 4.74 Å². The molecule has 0 aromatic carbocycles. The summed E-state index contributed by atoms with van der Waals surface area (Å²) in [5.41, 5.74) is 0.188. The highest BCUT2D eigenvalue weighted by molar-refractivity contribution is 7.99. The first-order valence-corrected chi connectivity index (χ1v) is 9.71. The molecule has 0 amide bonds. The summed E-state index contributed by atoms with van der Waals surface area (Å²) in [6.45, 7) is 3.18. The summed E-state index contributed by atoms with van der Waals surface area (Å²) in [5.74, 6) is 3.19. The Morgan fingerprint density at radius 2 is 2.40 bits per heavy atom. The fraction of sp³-hybridized carbons (Fsp3) is 0.750. The van der Waals surface area contributed by atoms with Gasteiger partial charge in [-0.25, -0.2) is 0 Å². The molecule has 4 heteroatoms. The van der Waals surface area contributed by atoms with Crippen LogP contribution >= 0.6 is 23.1 Å². The van der Waals surface area contributed by atoms with Gasteiger partial charge in [0.1, 0.15) is 0 Å². The molecule has 2 saturated heterocycles. The largest absolute Gasteiger partial charge is 0.374 e. The van der Waals surface area contributed by atoms with Crippen LogP contribution in [0.5, 0.6) is 0 Å². The van der Waals surface area contributed by atoms with E-state index in [-0.39, 0.29) is 5.60 Å². The molecule has 0 saturated carbocycles. The molecule has 1 aromatic rings. The van der Waals surface area contributed by atoms with Gasteiger partial charge in [0.25, 0.3) is 0 Å². The van der Waals surface area contributed by atoms with Crippen molar-refractivity contribution in [3.63, 3.8) is 0 Å². The molecule has 3 atom stereocenters. The van der Waals surface area contributed by atoms with Crippen molar-refractivity contribution in [2.45, 2.75) is 44.2 Å². The summed E-state index contributed by atoms with van der Waals surface area (Å²) in [7, 11) is 2.11. The van der Waals surface area contributed by atoms with E-state index >= 15 is 0 Å². The van der Waals surface area contributed by atoms with Gasteiger partial charge in [0.2, 0.25) is 0 Å². The molecule has 1 N–H and O–H groups in total. The van der Waals surface area contributed by atoms with Crippen molar-refractivity contribution in [2.75, 3.05) is 25.2 Å². The first-order valence-electron chi connectivity index (χ1n) is 7.74. The van der Waals surface area contributed by atoms with Crippen molar-refractivity contribution in [3.8, 4) is 0 Å². The van der Waals surface area contributed by atoms with Gasteiger partial charge in [-0.15, -0.1) is 11.3 Å². The van der Waals surface area contributed by atoms with E-state index in [9.17, 15) is 0 Å². The summed E-state index contributed by atoms with van der Waals surface area (Å²) >= 11 is 4.04. The molecular weight excluding hydrogens is 286 g/mol. The zero-order valence-electron chi connectivity index (χ0n) is 12.5. The SMILES string of the molecule is CCc1ccc(C(NC)C2CCOC3(CCSC3)C2)s1. The number of aryl methyl sites for hydroxylation is 1. The van der Waals surface area contributed by atoms with E-state index in [1.54, 1.807) is 0 Å². The highest BCUT2D eigenvalue weighted by Gasteiger charge is 2.42. The highest BCUT2D eigenvalue weighted by Crippen LogP contribution is 2.44. The van der Waals surface area contributed by atoms with Crippen LogP contribution in [0.1, 0.15) is 42.0 Å². The van der Waals surface area contributed by atoms with Gasteiger partial charge >= 0.3 is 0 Å². The van der Waals surface area contributed by atoms with Crippen molar-refractivity contribution in [2.24, 2.45) is 5.92 Å². The van der Waals surface area contributed by atoms with Crippen LogP contribution < -0.4 is 5.32 Å². The maximum absolute atomic E-state index is 6.17. The third-order valence-electron chi connectivity index (χ3n) is 4.72. The Morgan fingerprint density at radius 3 is 3.05 bits per heavy atom. The van der Waals surface area contributed by atoms with E-state index in [1.165, 1.54) is 40.5 Å². The molecule has 0 bridgehead atoms. The Bertz CT molecular complexity index is 439. The van der Waals surface area contributed by atoms with Crippen LogP contribution in [0.3, 0.4) is 0 Å². The molecule has 0 radical (unpaired) electrons. The van der Waals surface area contributed by atoms with Crippen molar-refractivity contribution in [1.82, 2.24) is 5.32 Å². The van der Waals surface area contributed by atoms with Crippen LogP contribution in [0.4, 0.5) is 0 Å². The molecule has 2 aliphatic rings. The summed E-state index contributed by atoms with van der Waals surface area (Å²) in [5, 5.41) is 3.58. The Morgan fingerprint density at radius 1 is 1.50 bits per heavy atom. The van der Waals surface area contributed by atoms with Crippen molar-refractivity contribution < 1.29 is 4.74 Å². The summed E-state index contributed by atoms with van der Waals surface area (Å²) in [4.78, 5) is 3.01. The van der Waals surface area contributed by atoms with Gasteiger partial charge in [-0.05, 0) is 56.5 Å². The van der Waals surface area contributed by atoms with Crippen molar-refractivity contribution in [1.29, 1.82) is 0 Å². The second-order valence-electron chi connectivity index (χ2n) is 6.01. The van der Waals surface area contributed by atoms with Crippen molar-refractivity contribution >= 4 is 23.1 Å². The van der Waals surface area contributed by atoms with Crippen LogP contribution in [0, 0.1) is 5.92 Å². The second-order valence-corrected chi connectivity index (χ2v) is 8.32. The minimum atomic E-state index is 0.188. The van der Waals surface area contributed by atoms with Crippen molar-refractivity contribution in [3.05, 3.63) is 21.9 Å². The number of nitrogens with one attached hydrogen (secondary N) is 1. The number of hydrogen-bond acceptors (Lipinski definition) is 4. The average Bonchev–Trinajstić information content (AvgIpc) is 3.10. The summed E-state index contributed by atoms with van der Waals surface area (Å²) in [6, 6.07) is 5.13. The molecule has 2 nitrogen and oxygen atoms in total. The predicted octanol–water partition coefficient (Wildman–Crippen LogP) is 3.87. The molecule has 2 fully saturated rings. The molecule has 3 heterocycles. The van der Waals surface area contributed by atoms with Crippen LogP contribution in [-0.2, 0) is 11.2 Å². The quantitative estimate of drug-likeness (QED) is 0.912. The Labute approximate surface area is 130 Å². The minimum absolute atomic E-state index is 0.188. The van der Waals surface area contributed by atoms with E-state index in [0.29, 0.717) is 6.04 Å². The predicted molar refractivity (Wildman–Crippen MR) is 88.8 cm³/mol. The van der Waals surface area contributed by atoms with E-state index in [0.717, 1.165) is 18.9 Å². The van der Waals surface area contributed by atoms with E-state index < -0.39 is 0 Å². The molecule has 1 spiro atoms. The molecule has 112 valence electrons. The minimum Gasteiger partial charge on any atom is -0.374 e. The van der Waals surface area contributed by atoms with Gasteiger partial charge in [0, 0.05) is 28.2 Å². The third-order valence-corrected chi connectivity index (χ3v) is 7.25. The number of thioether (sulfide) groups is 1. The summed E-state index contributed by atoms with van der Waals surface area (Å²) in [6.07, 6.45) is 4.81.